The normalized spacial score (nSPS) is 10.8. The zero-order chi connectivity index (χ0) is 18.0. The number of hydrogen-bond acceptors (Lipinski definition) is 7. The molecule has 0 bridgehead atoms. The molecule has 8 heteroatoms. The Morgan fingerprint density at radius 1 is 1.15 bits per heavy atom. The Morgan fingerprint density at radius 3 is 2.65 bits per heavy atom. The number of hydrazone groups is 1. The molecule has 0 unspecified atom stereocenters. The van der Waals surface area contributed by atoms with E-state index in [-0.39, 0.29) is 18.3 Å². The molecule has 0 radical (unpaired) electrons. The molecule has 0 saturated carbocycles. The zero-order valence-electron chi connectivity index (χ0n) is 13.8. The lowest BCUT2D eigenvalue weighted by atomic mass is 10.2. The fourth-order valence-corrected chi connectivity index (χ4v) is 2.57. The van der Waals surface area contributed by atoms with E-state index in [0.29, 0.717) is 11.1 Å². The van der Waals surface area contributed by atoms with Crippen molar-refractivity contribution in [3.8, 4) is 0 Å². The summed E-state index contributed by atoms with van der Waals surface area (Å²) in [6.07, 6.45) is 1.68. The molecule has 3 rings (SSSR count). The van der Waals surface area contributed by atoms with E-state index in [4.69, 9.17) is 4.74 Å². The summed E-state index contributed by atoms with van der Waals surface area (Å²) in [6, 6.07) is 19.2. The van der Waals surface area contributed by atoms with Crippen LogP contribution in [0.4, 0.5) is 5.95 Å². The molecule has 7 nitrogen and oxygen atoms in total. The minimum atomic E-state index is -0.319. The molecule has 1 aromatic heterocycles. The maximum absolute atomic E-state index is 11.8. The summed E-state index contributed by atoms with van der Waals surface area (Å²) in [6.45, 7) is 0.259. The first kappa shape index (κ1) is 17.7. The first-order valence-electron chi connectivity index (χ1n) is 7.88. The van der Waals surface area contributed by atoms with E-state index >= 15 is 0 Å². The van der Waals surface area contributed by atoms with E-state index in [1.807, 2.05) is 60.7 Å². The fourth-order valence-electron chi connectivity index (χ4n) is 1.97. The van der Waals surface area contributed by atoms with Crippen LogP contribution in [0.5, 0.6) is 0 Å². The summed E-state index contributed by atoms with van der Waals surface area (Å²) in [5, 5.41) is 11.2. The molecule has 0 fully saturated rings. The number of nitrogens with zero attached hydrogens (tertiary/aromatic N) is 3. The van der Waals surface area contributed by atoms with Gasteiger partial charge in [-0.15, -0.1) is 5.10 Å². The van der Waals surface area contributed by atoms with Gasteiger partial charge in [-0.2, -0.15) is 10.1 Å². The molecule has 132 valence electrons. The Kier molecular flexibility index (Phi) is 6.38. The highest BCUT2D eigenvalue weighted by molar-refractivity contribution is 7.99. The predicted molar refractivity (Wildman–Crippen MR) is 101 cm³/mol. The van der Waals surface area contributed by atoms with Crippen molar-refractivity contribution in [1.82, 2.24) is 15.2 Å². The number of H-pyrrole nitrogens is 1. The summed E-state index contributed by atoms with van der Waals surface area (Å²) in [7, 11) is 0. The first-order chi connectivity index (χ1) is 12.8. The highest BCUT2D eigenvalue weighted by atomic mass is 32.2. The Bertz CT molecular complexity index is 852. The number of hydrogen-bond donors (Lipinski definition) is 2. The number of anilines is 1. The third-order valence-corrected chi connectivity index (χ3v) is 4.03. The summed E-state index contributed by atoms with van der Waals surface area (Å²) >= 11 is 1.19. The second kappa shape index (κ2) is 9.38. The number of aromatic nitrogens is 3. The molecule has 0 atom stereocenters. The summed E-state index contributed by atoms with van der Waals surface area (Å²) in [4.78, 5) is 16.0. The van der Waals surface area contributed by atoms with Crippen molar-refractivity contribution in [3.05, 3.63) is 71.8 Å². The van der Waals surface area contributed by atoms with Gasteiger partial charge in [-0.1, -0.05) is 72.4 Å². The van der Waals surface area contributed by atoms with Gasteiger partial charge in [-0.3, -0.25) is 4.79 Å². The quantitative estimate of drug-likeness (QED) is 0.275. The molecule has 3 aromatic rings. The van der Waals surface area contributed by atoms with Gasteiger partial charge < -0.3 is 4.74 Å². The molecule has 0 saturated heterocycles. The van der Waals surface area contributed by atoms with Crippen LogP contribution in [0.1, 0.15) is 11.1 Å². The van der Waals surface area contributed by atoms with Crippen molar-refractivity contribution < 1.29 is 9.53 Å². The first-order valence-corrected chi connectivity index (χ1v) is 8.87. The van der Waals surface area contributed by atoms with Gasteiger partial charge in [0.05, 0.1) is 12.0 Å². The van der Waals surface area contributed by atoms with Crippen LogP contribution in [0.2, 0.25) is 0 Å². The Hall–Kier alpha value is -3.13. The lowest BCUT2D eigenvalue weighted by molar-refractivity contribution is -0.141. The van der Waals surface area contributed by atoms with E-state index < -0.39 is 0 Å². The van der Waals surface area contributed by atoms with Crippen molar-refractivity contribution in [2.75, 3.05) is 11.2 Å². The minimum absolute atomic E-state index is 0.136. The van der Waals surface area contributed by atoms with Crippen LogP contribution in [0.15, 0.2) is 70.9 Å². The van der Waals surface area contributed by atoms with Crippen molar-refractivity contribution in [2.24, 2.45) is 5.10 Å². The van der Waals surface area contributed by atoms with Gasteiger partial charge in [0.2, 0.25) is 11.1 Å². The van der Waals surface area contributed by atoms with Crippen LogP contribution in [-0.2, 0) is 16.1 Å². The minimum Gasteiger partial charge on any atom is -0.460 e. The number of carbonyl (C=O) groups excluding carboxylic acids is 1. The fraction of sp³-hybridized carbons (Fsp3) is 0.111. The molecule has 2 aromatic carbocycles. The number of aromatic amines is 1. The summed E-state index contributed by atoms with van der Waals surface area (Å²) in [5.41, 5.74) is 4.68. The Labute approximate surface area is 154 Å². The molecule has 26 heavy (non-hydrogen) atoms. The van der Waals surface area contributed by atoms with Crippen molar-refractivity contribution >= 4 is 29.9 Å². The second-order valence-corrected chi connectivity index (χ2v) is 6.12. The van der Waals surface area contributed by atoms with Crippen LogP contribution in [0.25, 0.3) is 0 Å². The number of nitrogens with one attached hydrogen (secondary N) is 2. The van der Waals surface area contributed by atoms with E-state index in [1.165, 1.54) is 11.8 Å². The van der Waals surface area contributed by atoms with E-state index in [1.54, 1.807) is 6.21 Å². The molecule has 0 amide bonds. The molecule has 0 aliphatic rings. The van der Waals surface area contributed by atoms with Gasteiger partial charge in [0.1, 0.15) is 6.61 Å². The Morgan fingerprint density at radius 2 is 1.88 bits per heavy atom. The van der Waals surface area contributed by atoms with Gasteiger partial charge in [-0.25, -0.2) is 10.5 Å². The van der Waals surface area contributed by atoms with E-state index in [0.717, 1.165) is 11.1 Å². The summed E-state index contributed by atoms with van der Waals surface area (Å²) < 4.78 is 5.21. The maximum Gasteiger partial charge on any atom is 0.316 e. The van der Waals surface area contributed by atoms with Crippen LogP contribution in [0.3, 0.4) is 0 Å². The van der Waals surface area contributed by atoms with E-state index in [9.17, 15) is 4.79 Å². The Balaban J connectivity index is 1.40. The third-order valence-electron chi connectivity index (χ3n) is 3.21. The third kappa shape index (κ3) is 5.75. The maximum atomic E-state index is 11.8. The number of carbonyl (C=O) groups is 1. The van der Waals surface area contributed by atoms with Gasteiger partial charge in [0.15, 0.2) is 0 Å². The number of ether oxygens (including phenoxy) is 1. The van der Waals surface area contributed by atoms with E-state index in [2.05, 4.69) is 25.7 Å². The SMILES string of the molecule is O=C(CSc1n[nH]c(N/N=C\c2ccccc2)n1)OCc1ccccc1. The number of thioether (sulfide) groups is 1. The molecule has 0 aliphatic carbocycles. The number of esters is 1. The van der Waals surface area contributed by atoms with Gasteiger partial charge in [0.25, 0.3) is 0 Å². The molecule has 0 spiro atoms. The average molecular weight is 367 g/mol. The van der Waals surface area contributed by atoms with Crippen molar-refractivity contribution in [1.29, 1.82) is 0 Å². The highest BCUT2D eigenvalue weighted by Crippen LogP contribution is 2.14. The van der Waals surface area contributed by atoms with Gasteiger partial charge in [-0.05, 0) is 11.1 Å². The van der Waals surface area contributed by atoms with Crippen LogP contribution >= 0.6 is 11.8 Å². The molecule has 0 aliphatic heterocycles. The van der Waals surface area contributed by atoms with Crippen LogP contribution < -0.4 is 5.43 Å². The lowest BCUT2D eigenvalue weighted by Crippen LogP contribution is -2.07. The monoisotopic (exact) mass is 367 g/mol. The average Bonchev–Trinajstić information content (AvgIpc) is 3.14. The van der Waals surface area contributed by atoms with Crippen molar-refractivity contribution in [3.63, 3.8) is 0 Å². The van der Waals surface area contributed by atoms with Gasteiger partial charge >= 0.3 is 5.97 Å². The van der Waals surface area contributed by atoms with Crippen LogP contribution in [0, 0.1) is 0 Å². The van der Waals surface area contributed by atoms with Crippen molar-refractivity contribution in [2.45, 2.75) is 11.8 Å². The van der Waals surface area contributed by atoms with Crippen LogP contribution in [-0.4, -0.2) is 33.1 Å². The lowest BCUT2D eigenvalue weighted by Gasteiger charge is -2.03. The van der Waals surface area contributed by atoms with Gasteiger partial charge in [0, 0.05) is 0 Å². The molecular formula is C18H17N5O2S. The molecular weight excluding hydrogens is 350 g/mol. The molecule has 2 N–H and O–H groups in total. The summed E-state index contributed by atoms with van der Waals surface area (Å²) in [5.74, 6) is 0.217. The smallest absolute Gasteiger partial charge is 0.316 e. The zero-order valence-corrected chi connectivity index (χ0v) is 14.6. The second-order valence-electron chi connectivity index (χ2n) is 5.18. The largest absolute Gasteiger partial charge is 0.460 e. The number of benzene rings is 2. The highest BCUT2D eigenvalue weighted by Gasteiger charge is 2.08. The topological polar surface area (TPSA) is 92.3 Å². The molecule has 1 heterocycles. The predicted octanol–water partition coefficient (Wildman–Crippen LogP) is 3.09. The standard InChI is InChI=1S/C18H17N5O2S/c24-16(25-12-15-9-5-2-6-10-15)13-26-18-20-17(22-23-18)21-19-11-14-7-3-1-4-8-14/h1-11H,12-13H2,(H2,20,21,22,23)/b19-11-. The number of rotatable bonds is 8.